The van der Waals surface area contributed by atoms with Crippen molar-refractivity contribution in [1.82, 2.24) is 0 Å². The van der Waals surface area contributed by atoms with Crippen LogP contribution in [0, 0.1) is 5.92 Å². The van der Waals surface area contributed by atoms with Crippen molar-refractivity contribution >= 4 is 11.9 Å². The van der Waals surface area contributed by atoms with Gasteiger partial charge in [-0.15, -0.1) is 6.58 Å². The first kappa shape index (κ1) is 10.7. The summed E-state index contributed by atoms with van der Waals surface area (Å²) < 4.78 is 0. The zero-order chi connectivity index (χ0) is 9.72. The standard InChI is InChI=1S/C8H12O4/c1-5(2)3-4-6(7(9)10)8(11)12/h6H,1,3-4H2,2H3,(H,9,10)(H,11,12). The molecule has 0 aromatic rings. The second-order valence-electron chi connectivity index (χ2n) is 2.72. The topological polar surface area (TPSA) is 74.6 Å². The summed E-state index contributed by atoms with van der Waals surface area (Å²) in [5.41, 5.74) is 0.794. The molecule has 0 aliphatic heterocycles. The lowest BCUT2D eigenvalue weighted by molar-refractivity contribution is -0.154. The molecule has 0 fully saturated rings. The summed E-state index contributed by atoms with van der Waals surface area (Å²) in [6.45, 7) is 5.30. The van der Waals surface area contributed by atoms with Crippen LogP contribution in [-0.2, 0) is 9.59 Å². The quantitative estimate of drug-likeness (QED) is 0.481. The van der Waals surface area contributed by atoms with Gasteiger partial charge in [-0.1, -0.05) is 5.57 Å². The lowest BCUT2D eigenvalue weighted by atomic mass is 10.0. The lowest BCUT2D eigenvalue weighted by Crippen LogP contribution is -2.23. The van der Waals surface area contributed by atoms with Gasteiger partial charge >= 0.3 is 11.9 Å². The summed E-state index contributed by atoms with van der Waals surface area (Å²) in [4.78, 5) is 20.7. The maximum absolute atomic E-state index is 10.3. The maximum atomic E-state index is 10.3. The van der Waals surface area contributed by atoms with Gasteiger partial charge in [-0.05, 0) is 19.8 Å². The van der Waals surface area contributed by atoms with E-state index in [9.17, 15) is 9.59 Å². The molecule has 4 nitrogen and oxygen atoms in total. The first-order valence-electron chi connectivity index (χ1n) is 3.55. The van der Waals surface area contributed by atoms with Crippen LogP contribution in [0.15, 0.2) is 12.2 Å². The molecule has 0 aromatic heterocycles. The van der Waals surface area contributed by atoms with Crippen LogP contribution >= 0.6 is 0 Å². The molecule has 2 N–H and O–H groups in total. The largest absolute Gasteiger partial charge is 0.481 e. The number of carboxylic acid groups (broad SMARTS) is 2. The van der Waals surface area contributed by atoms with E-state index in [0.29, 0.717) is 6.42 Å². The summed E-state index contributed by atoms with van der Waals surface area (Å²) >= 11 is 0. The fraction of sp³-hybridized carbons (Fsp3) is 0.500. The molecule has 0 rings (SSSR count). The Labute approximate surface area is 70.5 Å². The Bertz CT molecular complexity index is 193. The van der Waals surface area contributed by atoms with Crippen LogP contribution in [0.2, 0.25) is 0 Å². The molecule has 0 aliphatic carbocycles. The number of rotatable bonds is 5. The van der Waals surface area contributed by atoms with Gasteiger partial charge in [0.25, 0.3) is 0 Å². The number of aliphatic carboxylic acids is 2. The summed E-state index contributed by atoms with van der Waals surface area (Å²) in [5.74, 6) is -3.88. The van der Waals surface area contributed by atoms with Crippen molar-refractivity contribution in [3.63, 3.8) is 0 Å². The fourth-order valence-corrected chi connectivity index (χ4v) is 0.743. The van der Waals surface area contributed by atoms with Crippen LogP contribution in [0.4, 0.5) is 0 Å². The van der Waals surface area contributed by atoms with Gasteiger partial charge in [0.2, 0.25) is 0 Å². The first-order chi connectivity index (χ1) is 5.45. The molecule has 12 heavy (non-hydrogen) atoms. The summed E-state index contributed by atoms with van der Waals surface area (Å²) in [6, 6.07) is 0. The van der Waals surface area contributed by atoms with Crippen molar-refractivity contribution in [2.75, 3.05) is 0 Å². The van der Waals surface area contributed by atoms with E-state index in [1.54, 1.807) is 6.92 Å². The van der Waals surface area contributed by atoms with E-state index in [-0.39, 0.29) is 6.42 Å². The highest BCUT2D eigenvalue weighted by Gasteiger charge is 2.24. The van der Waals surface area contributed by atoms with E-state index >= 15 is 0 Å². The highest BCUT2D eigenvalue weighted by molar-refractivity contribution is 5.92. The van der Waals surface area contributed by atoms with Crippen LogP contribution in [0.5, 0.6) is 0 Å². The van der Waals surface area contributed by atoms with Crippen molar-refractivity contribution < 1.29 is 19.8 Å². The van der Waals surface area contributed by atoms with E-state index in [1.165, 1.54) is 0 Å². The lowest BCUT2D eigenvalue weighted by Gasteiger charge is -2.05. The molecule has 0 heterocycles. The van der Waals surface area contributed by atoms with Gasteiger partial charge in [-0.3, -0.25) is 9.59 Å². The van der Waals surface area contributed by atoms with Crippen LogP contribution in [0.1, 0.15) is 19.8 Å². The van der Waals surface area contributed by atoms with Crippen molar-refractivity contribution in [3.05, 3.63) is 12.2 Å². The van der Waals surface area contributed by atoms with Gasteiger partial charge in [0.15, 0.2) is 5.92 Å². The SMILES string of the molecule is C=C(C)CCC(C(=O)O)C(=O)O. The van der Waals surface area contributed by atoms with Crippen LogP contribution in [-0.4, -0.2) is 22.2 Å². The summed E-state index contributed by atoms with van der Waals surface area (Å²) in [7, 11) is 0. The summed E-state index contributed by atoms with van der Waals surface area (Å²) in [5, 5.41) is 16.9. The van der Waals surface area contributed by atoms with Gasteiger partial charge in [-0.2, -0.15) is 0 Å². The van der Waals surface area contributed by atoms with Crippen molar-refractivity contribution in [1.29, 1.82) is 0 Å². The molecule has 0 aromatic carbocycles. The molecule has 0 saturated carbocycles. The Kier molecular flexibility index (Phi) is 4.04. The number of carbonyl (C=O) groups is 2. The van der Waals surface area contributed by atoms with Gasteiger partial charge in [0.1, 0.15) is 0 Å². The third-order valence-corrected chi connectivity index (χ3v) is 1.46. The second-order valence-corrected chi connectivity index (χ2v) is 2.72. The molecule has 0 radical (unpaired) electrons. The minimum Gasteiger partial charge on any atom is -0.481 e. The smallest absolute Gasteiger partial charge is 0.317 e. The third-order valence-electron chi connectivity index (χ3n) is 1.46. The Morgan fingerprint density at radius 3 is 2.00 bits per heavy atom. The molecular formula is C8H12O4. The van der Waals surface area contributed by atoms with Crippen LogP contribution in [0.3, 0.4) is 0 Å². The van der Waals surface area contributed by atoms with E-state index < -0.39 is 17.9 Å². The van der Waals surface area contributed by atoms with Crippen molar-refractivity contribution in [2.45, 2.75) is 19.8 Å². The second kappa shape index (κ2) is 4.54. The molecule has 0 bridgehead atoms. The average Bonchev–Trinajstić information content (AvgIpc) is 1.84. The normalized spacial score (nSPS) is 9.83. The number of hydrogen-bond donors (Lipinski definition) is 2. The predicted octanol–water partition coefficient (Wildman–Crippen LogP) is 1.13. The molecular weight excluding hydrogens is 160 g/mol. The van der Waals surface area contributed by atoms with Crippen molar-refractivity contribution in [3.8, 4) is 0 Å². The predicted molar refractivity (Wildman–Crippen MR) is 42.8 cm³/mol. The molecule has 0 spiro atoms. The first-order valence-corrected chi connectivity index (χ1v) is 3.55. The van der Waals surface area contributed by atoms with E-state index in [0.717, 1.165) is 5.57 Å². The third kappa shape index (κ3) is 3.75. The average molecular weight is 172 g/mol. The fourth-order valence-electron chi connectivity index (χ4n) is 0.743. The molecule has 0 amide bonds. The van der Waals surface area contributed by atoms with Crippen molar-refractivity contribution in [2.24, 2.45) is 5.92 Å². The molecule has 0 aliphatic rings. The van der Waals surface area contributed by atoms with Crippen LogP contribution < -0.4 is 0 Å². The number of allylic oxidation sites excluding steroid dienone is 1. The molecule has 0 unspecified atom stereocenters. The Morgan fingerprint density at radius 2 is 1.75 bits per heavy atom. The maximum Gasteiger partial charge on any atom is 0.317 e. The summed E-state index contributed by atoms with van der Waals surface area (Å²) in [6.07, 6.45) is 0.545. The zero-order valence-corrected chi connectivity index (χ0v) is 6.91. The number of hydrogen-bond acceptors (Lipinski definition) is 2. The Balaban J connectivity index is 4.06. The molecule has 4 heteroatoms. The molecule has 0 atom stereocenters. The number of carboxylic acids is 2. The minimum atomic E-state index is -1.30. The highest BCUT2D eigenvalue weighted by Crippen LogP contribution is 2.11. The zero-order valence-electron chi connectivity index (χ0n) is 6.91. The van der Waals surface area contributed by atoms with Gasteiger partial charge in [0, 0.05) is 0 Å². The Morgan fingerprint density at radius 1 is 1.33 bits per heavy atom. The van der Waals surface area contributed by atoms with E-state index in [2.05, 4.69) is 6.58 Å². The van der Waals surface area contributed by atoms with Crippen LogP contribution in [0.25, 0.3) is 0 Å². The van der Waals surface area contributed by atoms with E-state index in [1.807, 2.05) is 0 Å². The van der Waals surface area contributed by atoms with E-state index in [4.69, 9.17) is 10.2 Å². The highest BCUT2D eigenvalue weighted by atomic mass is 16.4. The molecule has 0 saturated heterocycles. The Hall–Kier alpha value is -1.32. The van der Waals surface area contributed by atoms with Gasteiger partial charge < -0.3 is 10.2 Å². The van der Waals surface area contributed by atoms with Gasteiger partial charge in [-0.25, -0.2) is 0 Å². The minimum absolute atomic E-state index is 0.111. The monoisotopic (exact) mass is 172 g/mol. The van der Waals surface area contributed by atoms with Gasteiger partial charge in [0.05, 0.1) is 0 Å². The molecule has 68 valence electrons.